The summed E-state index contributed by atoms with van der Waals surface area (Å²) >= 11 is 3.43. The van der Waals surface area contributed by atoms with Crippen LogP contribution >= 0.6 is 15.9 Å². The van der Waals surface area contributed by atoms with Crippen LogP contribution < -0.4 is 0 Å². The molecule has 0 aliphatic carbocycles. The molecule has 1 aromatic carbocycles. The van der Waals surface area contributed by atoms with Crippen molar-refractivity contribution in [1.82, 2.24) is 0 Å². The number of rotatable bonds is 3. The Kier molecular flexibility index (Phi) is 3.04. The average molecular weight is 299 g/mol. The molecule has 0 aromatic heterocycles. The molecule has 0 spiro atoms. The number of hydrogen-bond donors (Lipinski definition) is 0. The van der Waals surface area contributed by atoms with Crippen molar-refractivity contribution in [3.63, 3.8) is 0 Å². The average Bonchev–Trinajstić information content (AvgIpc) is 2.97. The molecule has 3 nitrogen and oxygen atoms in total. The Morgan fingerprint density at radius 2 is 2.24 bits per heavy atom. The van der Waals surface area contributed by atoms with Gasteiger partial charge < -0.3 is 9.47 Å². The summed E-state index contributed by atoms with van der Waals surface area (Å²) in [6.45, 7) is 3.79. The van der Waals surface area contributed by atoms with Crippen LogP contribution in [0.25, 0.3) is 0 Å². The maximum absolute atomic E-state index is 11.8. The Morgan fingerprint density at radius 3 is 2.76 bits per heavy atom. The molecule has 0 N–H and O–H groups in total. The number of halogens is 1. The highest BCUT2D eigenvalue weighted by Crippen LogP contribution is 2.58. The third-order valence-electron chi connectivity index (χ3n) is 3.47. The fourth-order valence-corrected chi connectivity index (χ4v) is 2.81. The van der Waals surface area contributed by atoms with E-state index >= 15 is 0 Å². The van der Waals surface area contributed by atoms with E-state index in [-0.39, 0.29) is 5.97 Å². The molecule has 1 saturated heterocycles. The Bertz CT molecular complexity index is 460. The van der Waals surface area contributed by atoms with E-state index in [0.29, 0.717) is 0 Å². The fourth-order valence-electron chi connectivity index (χ4n) is 2.41. The second-order valence-electron chi connectivity index (χ2n) is 4.32. The van der Waals surface area contributed by atoms with Gasteiger partial charge in [0.1, 0.15) is 5.60 Å². The molecule has 17 heavy (non-hydrogen) atoms. The van der Waals surface area contributed by atoms with Gasteiger partial charge in [-0.15, -0.1) is 0 Å². The number of methoxy groups -OCH3 is 1. The molecular weight excluding hydrogens is 284 g/mol. The maximum atomic E-state index is 11.8. The lowest BCUT2D eigenvalue weighted by atomic mass is 9.85. The van der Waals surface area contributed by atoms with Gasteiger partial charge >= 0.3 is 5.97 Å². The molecule has 1 heterocycles. The van der Waals surface area contributed by atoms with Crippen LogP contribution in [0.4, 0.5) is 0 Å². The molecule has 0 amide bonds. The molecule has 0 bridgehead atoms. The standard InChI is InChI=1S/C13H15BrO3/c1-4-13(9-6-5-7-10(14)8-9)12(2,17-13)11(15)16-3/h5-8H,4H2,1-3H3. The second-order valence-corrected chi connectivity index (χ2v) is 5.23. The van der Waals surface area contributed by atoms with E-state index in [1.165, 1.54) is 7.11 Å². The lowest BCUT2D eigenvalue weighted by Crippen LogP contribution is -2.30. The van der Waals surface area contributed by atoms with Gasteiger partial charge in [-0.2, -0.15) is 0 Å². The summed E-state index contributed by atoms with van der Waals surface area (Å²) in [5.41, 5.74) is -0.413. The van der Waals surface area contributed by atoms with Crippen molar-refractivity contribution >= 4 is 21.9 Å². The molecule has 4 heteroatoms. The van der Waals surface area contributed by atoms with Crippen molar-refractivity contribution in [3.8, 4) is 0 Å². The quantitative estimate of drug-likeness (QED) is 0.636. The van der Waals surface area contributed by atoms with Crippen LogP contribution in [0.2, 0.25) is 0 Å². The Hall–Kier alpha value is -0.870. The Morgan fingerprint density at radius 1 is 1.53 bits per heavy atom. The van der Waals surface area contributed by atoms with Crippen LogP contribution in [0.1, 0.15) is 25.8 Å². The molecule has 92 valence electrons. The predicted octanol–water partition coefficient (Wildman–Crippen LogP) is 3.02. The summed E-state index contributed by atoms with van der Waals surface area (Å²) in [5.74, 6) is -0.320. The molecule has 1 fully saturated rings. The summed E-state index contributed by atoms with van der Waals surface area (Å²) in [6.07, 6.45) is 0.731. The van der Waals surface area contributed by atoms with Crippen molar-refractivity contribution in [3.05, 3.63) is 34.3 Å². The monoisotopic (exact) mass is 298 g/mol. The van der Waals surface area contributed by atoms with Crippen molar-refractivity contribution in [1.29, 1.82) is 0 Å². The molecule has 0 radical (unpaired) electrons. The number of benzene rings is 1. The summed E-state index contributed by atoms with van der Waals surface area (Å²) in [4.78, 5) is 11.8. The van der Waals surface area contributed by atoms with Gasteiger partial charge in [-0.1, -0.05) is 35.0 Å². The summed E-state index contributed by atoms with van der Waals surface area (Å²) < 4.78 is 11.5. The number of hydrogen-bond acceptors (Lipinski definition) is 3. The zero-order valence-corrected chi connectivity index (χ0v) is 11.7. The van der Waals surface area contributed by atoms with E-state index in [1.807, 2.05) is 31.2 Å². The summed E-state index contributed by atoms with van der Waals surface area (Å²) in [6, 6.07) is 7.85. The molecule has 1 aromatic rings. The van der Waals surface area contributed by atoms with Gasteiger partial charge in [-0.05, 0) is 31.0 Å². The minimum atomic E-state index is -0.864. The van der Waals surface area contributed by atoms with Crippen molar-refractivity contribution in [2.45, 2.75) is 31.5 Å². The third kappa shape index (κ3) is 1.70. The number of ether oxygens (including phenoxy) is 2. The minimum Gasteiger partial charge on any atom is -0.467 e. The molecular formula is C13H15BrO3. The highest BCUT2D eigenvalue weighted by atomic mass is 79.9. The molecule has 2 rings (SSSR count). The van der Waals surface area contributed by atoms with Gasteiger partial charge in [0.25, 0.3) is 0 Å². The first-order valence-corrected chi connectivity index (χ1v) is 6.34. The van der Waals surface area contributed by atoms with Gasteiger partial charge in [0, 0.05) is 4.47 Å². The third-order valence-corrected chi connectivity index (χ3v) is 3.96. The van der Waals surface area contributed by atoms with E-state index in [1.54, 1.807) is 6.92 Å². The van der Waals surface area contributed by atoms with Crippen LogP contribution in [-0.4, -0.2) is 18.7 Å². The van der Waals surface area contributed by atoms with Gasteiger partial charge in [0.05, 0.1) is 7.11 Å². The lowest BCUT2D eigenvalue weighted by molar-refractivity contribution is -0.146. The SMILES string of the molecule is CCC1(c2cccc(Br)c2)OC1(C)C(=O)OC. The molecule has 1 aliphatic heterocycles. The van der Waals surface area contributed by atoms with Gasteiger partial charge in [0.2, 0.25) is 0 Å². The second kappa shape index (κ2) is 4.10. The Labute approximate surface area is 109 Å². The molecule has 0 saturated carbocycles. The van der Waals surface area contributed by atoms with Gasteiger partial charge in [0.15, 0.2) is 5.60 Å². The molecule has 2 unspecified atom stereocenters. The summed E-state index contributed by atoms with van der Waals surface area (Å²) in [7, 11) is 1.39. The van der Waals surface area contributed by atoms with Crippen LogP contribution in [0, 0.1) is 0 Å². The first-order chi connectivity index (χ1) is 8.00. The van der Waals surface area contributed by atoms with Gasteiger partial charge in [-0.3, -0.25) is 0 Å². The highest BCUT2D eigenvalue weighted by molar-refractivity contribution is 9.10. The van der Waals surface area contributed by atoms with Crippen molar-refractivity contribution in [2.24, 2.45) is 0 Å². The van der Waals surface area contributed by atoms with E-state index in [2.05, 4.69) is 15.9 Å². The topological polar surface area (TPSA) is 38.8 Å². The predicted molar refractivity (Wildman–Crippen MR) is 67.6 cm³/mol. The first kappa shape index (κ1) is 12.6. The van der Waals surface area contributed by atoms with Crippen LogP contribution in [0.15, 0.2) is 28.7 Å². The maximum Gasteiger partial charge on any atom is 0.341 e. The van der Waals surface area contributed by atoms with Crippen LogP contribution in [-0.2, 0) is 19.9 Å². The zero-order chi connectivity index (χ0) is 12.7. The van der Waals surface area contributed by atoms with E-state index < -0.39 is 11.2 Å². The van der Waals surface area contributed by atoms with E-state index in [4.69, 9.17) is 9.47 Å². The Balaban J connectivity index is 2.40. The van der Waals surface area contributed by atoms with Crippen molar-refractivity contribution < 1.29 is 14.3 Å². The number of epoxide rings is 1. The van der Waals surface area contributed by atoms with Crippen LogP contribution in [0.3, 0.4) is 0 Å². The van der Waals surface area contributed by atoms with Gasteiger partial charge in [-0.25, -0.2) is 4.79 Å². The first-order valence-electron chi connectivity index (χ1n) is 5.55. The zero-order valence-electron chi connectivity index (χ0n) is 10.1. The molecule has 1 aliphatic rings. The van der Waals surface area contributed by atoms with Crippen molar-refractivity contribution in [2.75, 3.05) is 7.11 Å². The number of carbonyl (C=O) groups excluding carboxylic acids is 1. The number of esters is 1. The number of carbonyl (C=O) groups is 1. The largest absolute Gasteiger partial charge is 0.467 e. The fraction of sp³-hybridized carbons (Fsp3) is 0.462. The van der Waals surface area contributed by atoms with E-state index in [0.717, 1.165) is 16.5 Å². The highest BCUT2D eigenvalue weighted by Gasteiger charge is 2.72. The minimum absolute atomic E-state index is 0.320. The lowest BCUT2D eigenvalue weighted by Gasteiger charge is -2.14. The van der Waals surface area contributed by atoms with E-state index in [9.17, 15) is 4.79 Å². The van der Waals surface area contributed by atoms with Crippen LogP contribution in [0.5, 0.6) is 0 Å². The smallest absolute Gasteiger partial charge is 0.341 e. The molecule has 2 atom stereocenters. The summed E-state index contributed by atoms with van der Waals surface area (Å²) in [5, 5.41) is 0. The normalized spacial score (nSPS) is 31.1.